The highest BCUT2D eigenvalue weighted by atomic mass is 16.5. The van der Waals surface area contributed by atoms with E-state index in [1.54, 1.807) is 24.3 Å². The molecule has 1 aliphatic rings. The zero-order valence-corrected chi connectivity index (χ0v) is 16.8. The smallest absolute Gasteiger partial charge is 0.260 e. The second-order valence-corrected chi connectivity index (χ2v) is 6.84. The molecule has 0 atom stereocenters. The predicted octanol–water partition coefficient (Wildman–Crippen LogP) is 1.87. The first-order valence-corrected chi connectivity index (χ1v) is 9.65. The Labute approximate surface area is 175 Å². The number of hydrogen-bond acceptors (Lipinski definition) is 6. The number of carbonyl (C=O) groups is 2. The van der Waals surface area contributed by atoms with Crippen LogP contribution in [0.1, 0.15) is 5.56 Å². The average Bonchev–Trinajstić information content (AvgIpc) is 2.78. The Morgan fingerprint density at radius 3 is 2.57 bits per heavy atom. The van der Waals surface area contributed by atoms with Gasteiger partial charge in [-0.15, -0.1) is 0 Å². The van der Waals surface area contributed by atoms with Crippen molar-refractivity contribution in [1.82, 2.24) is 4.90 Å². The summed E-state index contributed by atoms with van der Waals surface area (Å²) < 4.78 is 10.8. The molecule has 1 fully saturated rings. The van der Waals surface area contributed by atoms with Crippen molar-refractivity contribution in [3.8, 4) is 11.8 Å². The molecule has 2 aromatic carbocycles. The van der Waals surface area contributed by atoms with E-state index >= 15 is 0 Å². The lowest BCUT2D eigenvalue weighted by Crippen LogP contribution is -2.37. The van der Waals surface area contributed by atoms with E-state index in [4.69, 9.17) is 14.7 Å². The molecule has 2 amide bonds. The van der Waals surface area contributed by atoms with Crippen LogP contribution < -0.4 is 15.0 Å². The first-order valence-electron chi connectivity index (χ1n) is 9.65. The SMILES string of the molecule is CN(CC(=O)Nc1ccc(N2CCOCC2)cc1)C(=O)COc1ccccc1C#N. The van der Waals surface area contributed by atoms with Gasteiger partial charge in [-0.1, -0.05) is 12.1 Å². The van der Waals surface area contributed by atoms with Gasteiger partial charge in [0.2, 0.25) is 5.91 Å². The molecule has 0 saturated carbocycles. The van der Waals surface area contributed by atoms with Crippen molar-refractivity contribution in [1.29, 1.82) is 5.26 Å². The third-order valence-electron chi connectivity index (χ3n) is 4.69. The van der Waals surface area contributed by atoms with Gasteiger partial charge in [0.1, 0.15) is 11.8 Å². The molecular formula is C22H24N4O4. The minimum Gasteiger partial charge on any atom is -0.482 e. The molecule has 1 heterocycles. The fourth-order valence-electron chi connectivity index (χ4n) is 3.02. The van der Waals surface area contributed by atoms with Crippen LogP contribution in [0.25, 0.3) is 0 Å². The Balaban J connectivity index is 1.46. The number of nitrogens with one attached hydrogen (secondary N) is 1. The zero-order valence-electron chi connectivity index (χ0n) is 16.8. The lowest BCUT2D eigenvalue weighted by Gasteiger charge is -2.28. The molecule has 0 unspecified atom stereocenters. The number of nitriles is 1. The van der Waals surface area contributed by atoms with E-state index in [1.165, 1.54) is 11.9 Å². The van der Waals surface area contributed by atoms with Gasteiger partial charge < -0.3 is 24.6 Å². The molecule has 1 aliphatic heterocycles. The summed E-state index contributed by atoms with van der Waals surface area (Å²) in [7, 11) is 1.53. The van der Waals surface area contributed by atoms with Crippen molar-refractivity contribution in [2.24, 2.45) is 0 Å². The van der Waals surface area contributed by atoms with Crippen molar-refractivity contribution in [2.45, 2.75) is 0 Å². The summed E-state index contributed by atoms with van der Waals surface area (Å²) >= 11 is 0. The summed E-state index contributed by atoms with van der Waals surface area (Å²) in [5, 5.41) is 11.8. The molecular weight excluding hydrogens is 384 g/mol. The van der Waals surface area contributed by atoms with Crippen LogP contribution in [-0.2, 0) is 14.3 Å². The van der Waals surface area contributed by atoms with Gasteiger partial charge in [0.25, 0.3) is 5.91 Å². The Morgan fingerprint density at radius 2 is 1.87 bits per heavy atom. The molecule has 0 aliphatic carbocycles. The Morgan fingerprint density at radius 1 is 1.17 bits per heavy atom. The molecule has 0 radical (unpaired) electrons. The minimum absolute atomic E-state index is 0.104. The number of para-hydroxylation sites is 1. The standard InChI is InChI=1S/C22H24N4O4/c1-25(22(28)16-30-20-5-3-2-4-17(20)14-23)15-21(27)24-18-6-8-19(9-7-18)26-10-12-29-13-11-26/h2-9H,10-13,15-16H2,1H3,(H,24,27). The van der Waals surface area contributed by atoms with Crippen LogP contribution in [0.15, 0.2) is 48.5 Å². The van der Waals surface area contributed by atoms with Crippen LogP contribution in [0, 0.1) is 11.3 Å². The van der Waals surface area contributed by atoms with Crippen LogP contribution in [0.4, 0.5) is 11.4 Å². The molecule has 30 heavy (non-hydrogen) atoms. The largest absolute Gasteiger partial charge is 0.482 e. The molecule has 3 rings (SSSR count). The summed E-state index contributed by atoms with van der Waals surface area (Å²) in [4.78, 5) is 28.0. The molecule has 1 N–H and O–H groups in total. The van der Waals surface area contributed by atoms with Crippen molar-refractivity contribution < 1.29 is 19.1 Å². The van der Waals surface area contributed by atoms with Crippen molar-refractivity contribution in [3.63, 3.8) is 0 Å². The van der Waals surface area contributed by atoms with Crippen LogP contribution in [-0.4, -0.2) is 63.2 Å². The third-order valence-corrected chi connectivity index (χ3v) is 4.69. The fraction of sp³-hybridized carbons (Fsp3) is 0.318. The van der Waals surface area contributed by atoms with E-state index < -0.39 is 0 Å². The molecule has 0 spiro atoms. The Bertz CT molecular complexity index is 917. The van der Waals surface area contributed by atoms with E-state index in [2.05, 4.69) is 10.2 Å². The highest BCUT2D eigenvalue weighted by Crippen LogP contribution is 2.19. The number of amides is 2. The van der Waals surface area contributed by atoms with Gasteiger partial charge in [-0.25, -0.2) is 0 Å². The number of nitrogens with zero attached hydrogens (tertiary/aromatic N) is 3. The first kappa shape index (κ1) is 21.1. The van der Waals surface area contributed by atoms with E-state index in [9.17, 15) is 9.59 Å². The highest BCUT2D eigenvalue weighted by Gasteiger charge is 2.15. The monoisotopic (exact) mass is 408 g/mol. The summed E-state index contributed by atoms with van der Waals surface area (Å²) in [6.45, 7) is 2.76. The molecule has 8 nitrogen and oxygen atoms in total. The van der Waals surface area contributed by atoms with Crippen LogP contribution in [0.2, 0.25) is 0 Å². The van der Waals surface area contributed by atoms with Gasteiger partial charge in [0.05, 0.1) is 25.3 Å². The van der Waals surface area contributed by atoms with Crippen molar-refractivity contribution >= 4 is 23.2 Å². The number of rotatable bonds is 7. The summed E-state index contributed by atoms with van der Waals surface area (Å²) in [6.07, 6.45) is 0. The van der Waals surface area contributed by atoms with Crippen molar-refractivity contribution in [3.05, 3.63) is 54.1 Å². The van der Waals surface area contributed by atoms with Gasteiger partial charge >= 0.3 is 0 Å². The number of carbonyl (C=O) groups excluding carboxylic acids is 2. The predicted molar refractivity (Wildman–Crippen MR) is 112 cm³/mol. The maximum Gasteiger partial charge on any atom is 0.260 e. The lowest BCUT2D eigenvalue weighted by molar-refractivity contribution is -0.135. The molecule has 0 aromatic heterocycles. The quantitative estimate of drug-likeness (QED) is 0.752. The number of morpholine rings is 1. The topological polar surface area (TPSA) is 94.9 Å². The van der Waals surface area contributed by atoms with Crippen LogP contribution in [0.3, 0.4) is 0 Å². The zero-order chi connectivity index (χ0) is 21.3. The average molecular weight is 408 g/mol. The summed E-state index contributed by atoms with van der Waals surface area (Å²) in [5.74, 6) is -0.325. The second kappa shape index (κ2) is 10.3. The molecule has 0 bridgehead atoms. The number of ether oxygens (including phenoxy) is 2. The highest BCUT2D eigenvalue weighted by molar-refractivity contribution is 5.94. The van der Waals surface area contributed by atoms with Gasteiger partial charge in [-0.3, -0.25) is 9.59 Å². The van der Waals surface area contributed by atoms with Crippen molar-refractivity contribution in [2.75, 3.05) is 56.7 Å². The summed E-state index contributed by atoms with van der Waals surface area (Å²) in [6, 6.07) is 16.3. The molecule has 2 aromatic rings. The molecule has 1 saturated heterocycles. The van der Waals surface area contributed by atoms with Gasteiger partial charge in [-0.2, -0.15) is 5.26 Å². The maximum atomic E-state index is 12.3. The number of hydrogen-bond donors (Lipinski definition) is 1. The van der Waals surface area contributed by atoms with Gasteiger partial charge in [0.15, 0.2) is 6.61 Å². The minimum atomic E-state index is -0.361. The van der Waals surface area contributed by atoms with Gasteiger partial charge in [-0.05, 0) is 36.4 Å². The van der Waals surface area contributed by atoms with Crippen LogP contribution >= 0.6 is 0 Å². The third kappa shape index (κ3) is 5.72. The van der Waals surface area contributed by atoms with E-state index in [-0.39, 0.29) is 25.0 Å². The number of anilines is 2. The normalized spacial score (nSPS) is 13.3. The number of likely N-dealkylation sites (N-methyl/N-ethyl adjacent to an activating group) is 1. The van der Waals surface area contributed by atoms with Crippen LogP contribution in [0.5, 0.6) is 5.75 Å². The maximum absolute atomic E-state index is 12.3. The second-order valence-electron chi connectivity index (χ2n) is 6.84. The van der Waals surface area contributed by atoms with E-state index in [0.29, 0.717) is 30.2 Å². The Hall–Kier alpha value is -3.57. The fourth-order valence-corrected chi connectivity index (χ4v) is 3.02. The van der Waals surface area contributed by atoms with Gasteiger partial charge in [0, 0.05) is 31.5 Å². The number of benzene rings is 2. The molecule has 8 heteroatoms. The lowest BCUT2D eigenvalue weighted by atomic mass is 10.2. The first-order chi connectivity index (χ1) is 14.6. The van der Waals surface area contributed by atoms with E-state index in [1.807, 2.05) is 30.3 Å². The van der Waals surface area contributed by atoms with E-state index in [0.717, 1.165) is 18.8 Å². The Kier molecular flexibility index (Phi) is 7.24. The molecule has 156 valence electrons. The summed E-state index contributed by atoms with van der Waals surface area (Å²) in [5.41, 5.74) is 2.10.